The number of hydrogen-bond acceptors (Lipinski definition) is 3. The number of nitrogens with one attached hydrogen (secondary N) is 1. The highest BCUT2D eigenvalue weighted by molar-refractivity contribution is 4.86. The Morgan fingerprint density at radius 3 is 2.89 bits per heavy atom. The van der Waals surface area contributed by atoms with Gasteiger partial charge in [-0.3, -0.25) is 0 Å². The van der Waals surface area contributed by atoms with E-state index >= 15 is 0 Å². The van der Waals surface area contributed by atoms with Gasteiger partial charge in [0.15, 0.2) is 0 Å². The van der Waals surface area contributed by atoms with Crippen LogP contribution in [0.1, 0.15) is 45.4 Å². The van der Waals surface area contributed by atoms with Gasteiger partial charge < -0.3 is 15.3 Å². The summed E-state index contributed by atoms with van der Waals surface area (Å²) >= 11 is 0. The quantitative estimate of drug-likeness (QED) is 0.759. The van der Waals surface area contributed by atoms with E-state index in [0.717, 1.165) is 30.8 Å². The highest BCUT2D eigenvalue weighted by Gasteiger charge is 2.29. The molecular formula is C15H30N2O. The zero-order valence-electron chi connectivity index (χ0n) is 11.9. The first-order valence-electron chi connectivity index (χ1n) is 7.90. The van der Waals surface area contributed by atoms with Gasteiger partial charge in [-0.2, -0.15) is 0 Å². The van der Waals surface area contributed by atoms with Crippen LogP contribution in [-0.2, 0) is 0 Å². The van der Waals surface area contributed by atoms with Gasteiger partial charge in [0, 0.05) is 25.7 Å². The van der Waals surface area contributed by atoms with Crippen molar-refractivity contribution in [3.8, 4) is 0 Å². The van der Waals surface area contributed by atoms with Crippen LogP contribution in [0.25, 0.3) is 0 Å². The Bertz CT molecular complexity index is 233. The molecule has 0 amide bonds. The normalized spacial score (nSPS) is 34.0. The van der Waals surface area contributed by atoms with Crippen molar-refractivity contribution in [1.82, 2.24) is 10.2 Å². The maximum absolute atomic E-state index is 9.07. The number of rotatable bonds is 6. The molecule has 3 heteroatoms. The van der Waals surface area contributed by atoms with E-state index in [-0.39, 0.29) is 0 Å². The number of piperidine rings is 1. The minimum Gasteiger partial charge on any atom is -0.396 e. The third-order valence-electron chi connectivity index (χ3n) is 4.76. The monoisotopic (exact) mass is 254 g/mol. The van der Waals surface area contributed by atoms with Gasteiger partial charge >= 0.3 is 0 Å². The highest BCUT2D eigenvalue weighted by Crippen LogP contribution is 2.28. The smallest absolute Gasteiger partial charge is 0.0434 e. The van der Waals surface area contributed by atoms with Gasteiger partial charge in [0.25, 0.3) is 0 Å². The third-order valence-corrected chi connectivity index (χ3v) is 4.76. The lowest BCUT2D eigenvalue weighted by atomic mass is 9.93. The van der Waals surface area contributed by atoms with Crippen LogP contribution in [0.2, 0.25) is 0 Å². The molecule has 0 aromatic heterocycles. The van der Waals surface area contributed by atoms with Crippen molar-refractivity contribution in [2.75, 3.05) is 32.8 Å². The van der Waals surface area contributed by atoms with E-state index in [1.807, 2.05) is 0 Å². The SMILES string of the molecule is CCNC1CCCC1CN1CCCC(CCO)C1. The number of nitrogens with zero attached hydrogens (tertiary/aromatic N) is 1. The number of hydrogen-bond donors (Lipinski definition) is 2. The summed E-state index contributed by atoms with van der Waals surface area (Å²) in [4.78, 5) is 2.66. The minimum absolute atomic E-state index is 0.363. The van der Waals surface area contributed by atoms with Crippen LogP contribution in [0.5, 0.6) is 0 Å². The Kier molecular flexibility index (Phi) is 5.93. The molecule has 0 aromatic rings. The predicted octanol–water partition coefficient (Wildman–Crippen LogP) is 1.86. The predicted molar refractivity (Wildman–Crippen MR) is 75.7 cm³/mol. The van der Waals surface area contributed by atoms with E-state index < -0.39 is 0 Å². The van der Waals surface area contributed by atoms with Crippen molar-refractivity contribution in [2.45, 2.75) is 51.5 Å². The molecule has 1 aliphatic carbocycles. The molecule has 0 bridgehead atoms. The fourth-order valence-corrected chi connectivity index (χ4v) is 3.85. The highest BCUT2D eigenvalue weighted by atomic mass is 16.3. The van der Waals surface area contributed by atoms with E-state index in [1.54, 1.807) is 0 Å². The first kappa shape index (κ1) is 14.3. The number of likely N-dealkylation sites (tertiary alicyclic amines) is 1. The molecular weight excluding hydrogens is 224 g/mol. The molecule has 1 aliphatic heterocycles. The number of aliphatic hydroxyl groups is 1. The van der Waals surface area contributed by atoms with Crippen LogP contribution in [-0.4, -0.2) is 48.8 Å². The summed E-state index contributed by atoms with van der Waals surface area (Å²) in [7, 11) is 0. The molecule has 0 spiro atoms. The lowest BCUT2D eigenvalue weighted by molar-refractivity contribution is 0.126. The minimum atomic E-state index is 0.363. The third kappa shape index (κ3) is 3.94. The molecule has 2 fully saturated rings. The summed E-state index contributed by atoms with van der Waals surface area (Å²) in [6, 6.07) is 0.758. The van der Waals surface area contributed by atoms with Crippen LogP contribution in [0.3, 0.4) is 0 Å². The Morgan fingerprint density at radius 2 is 2.11 bits per heavy atom. The molecule has 1 heterocycles. The van der Waals surface area contributed by atoms with Crippen molar-refractivity contribution in [3.63, 3.8) is 0 Å². The lowest BCUT2D eigenvalue weighted by Gasteiger charge is -2.35. The Hall–Kier alpha value is -0.120. The molecule has 3 unspecified atom stereocenters. The summed E-state index contributed by atoms with van der Waals surface area (Å²) in [5.41, 5.74) is 0. The van der Waals surface area contributed by atoms with E-state index in [0.29, 0.717) is 6.61 Å². The lowest BCUT2D eigenvalue weighted by Crippen LogP contribution is -2.43. The summed E-state index contributed by atoms with van der Waals surface area (Å²) in [5, 5.41) is 12.7. The van der Waals surface area contributed by atoms with E-state index in [2.05, 4.69) is 17.1 Å². The molecule has 2 N–H and O–H groups in total. The standard InChI is InChI=1S/C15H30N2O/c1-2-16-15-7-3-6-14(15)12-17-9-4-5-13(11-17)8-10-18/h13-16,18H,2-12H2,1H3. The molecule has 18 heavy (non-hydrogen) atoms. The Balaban J connectivity index is 1.77. The summed E-state index contributed by atoms with van der Waals surface area (Å²) in [5.74, 6) is 1.60. The summed E-state index contributed by atoms with van der Waals surface area (Å²) in [6.07, 6.45) is 7.81. The van der Waals surface area contributed by atoms with Crippen molar-refractivity contribution < 1.29 is 5.11 Å². The average Bonchev–Trinajstić information content (AvgIpc) is 2.78. The van der Waals surface area contributed by atoms with Crippen LogP contribution >= 0.6 is 0 Å². The number of aliphatic hydroxyl groups excluding tert-OH is 1. The molecule has 2 rings (SSSR count). The van der Waals surface area contributed by atoms with Crippen LogP contribution in [0.4, 0.5) is 0 Å². The summed E-state index contributed by atoms with van der Waals surface area (Å²) < 4.78 is 0. The van der Waals surface area contributed by atoms with E-state index in [9.17, 15) is 0 Å². The van der Waals surface area contributed by atoms with Gasteiger partial charge in [0.05, 0.1) is 0 Å². The Morgan fingerprint density at radius 1 is 1.22 bits per heavy atom. The second-order valence-corrected chi connectivity index (χ2v) is 6.14. The summed E-state index contributed by atoms with van der Waals surface area (Å²) in [6.45, 7) is 7.45. The van der Waals surface area contributed by atoms with Crippen molar-refractivity contribution in [2.24, 2.45) is 11.8 Å². The van der Waals surface area contributed by atoms with Gasteiger partial charge in [-0.15, -0.1) is 0 Å². The molecule has 1 saturated carbocycles. The van der Waals surface area contributed by atoms with Gasteiger partial charge in [0.2, 0.25) is 0 Å². The topological polar surface area (TPSA) is 35.5 Å². The van der Waals surface area contributed by atoms with Gasteiger partial charge in [-0.05, 0) is 57.0 Å². The largest absolute Gasteiger partial charge is 0.396 e. The molecule has 3 nitrogen and oxygen atoms in total. The van der Waals surface area contributed by atoms with Crippen LogP contribution in [0, 0.1) is 11.8 Å². The van der Waals surface area contributed by atoms with Crippen LogP contribution in [0.15, 0.2) is 0 Å². The first-order chi connectivity index (χ1) is 8.83. The maximum atomic E-state index is 9.07. The molecule has 0 aromatic carbocycles. The fraction of sp³-hybridized carbons (Fsp3) is 1.00. The second kappa shape index (κ2) is 7.46. The average molecular weight is 254 g/mol. The molecule has 0 radical (unpaired) electrons. The first-order valence-corrected chi connectivity index (χ1v) is 7.90. The van der Waals surface area contributed by atoms with Gasteiger partial charge in [-0.25, -0.2) is 0 Å². The van der Waals surface area contributed by atoms with E-state index in [1.165, 1.54) is 51.7 Å². The van der Waals surface area contributed by atoms with Gasteiger partial charge in [0.1, 0.15) is 0 Å². The van der Waals surface area contributed by atoms with Crippen LogP contribution < -0.4 is 5.32 Å². The zero-order chi connectivity index (χ0) is 12.8. The Labute approximate surface area is 112 Å². The molecule has 1 saturated heterocycles. The second-order valence-electron chi connectivity index (χ2n) is 6.14. The molecule has 106 valence electrons. The van der Waals surface area contributed by atoms with Crippen molar-refractivity contribution in [1.29, 1.82) is 0 Å². The fourth-order valence-electron chi connectivity index (χ4n) is 3.85. The molecule has 3 atom stereocenters. The van der Waals surface area contributed by atoms with E-state index in [4.69, 9.17) is 5.11 Å². The maximum Gasteiger partial charge on any atom is 0.0434 e. The van der Waals surface area contributed by atoms with Crippen molar-refractivity contribution >= 4 is 0 Å². The van der Waals surface area contributed by atoms with Gasteiger partial charge in [-0.1, -0.05) is 13.3 Å². The van der Waals surface area contributed by atoms with Crippen molar-refractivity contribution in [3.05, 3.63) is 0 Å². The zero-order valence-corrected chi connectivity index (χ0v) is 11.9. The molecule has 2 aliphatic rings.